The molecule has 0 saturated carbocycles. The zero-order valence-electron chi connectivity index (χ0n) is 9.78. The molecule has 0 unspecified atom stereocenters. The van der Waals surface area contributed by atoms with E-state index in [0.717, 1.165) is 24.0 Å². The summed E-state index contributed by atoms with van der Waals surface area (Å²) >= 11 is 7.12. The van der Waals surface area contributed by atoms with Crippen LogP contribution in [0.1, 0.15) is 11.1 Å². The molecule has 1 aromatic carbocycles. The van der Waals surface area contributed by atoms with Gasteiger partial charge in [0, 0.05) is 11.1 Å². The minimum Gasteiger partial charge on any atom is -0.249 e. The van der Waals surface area contributed by atoms with Gasteiger partial charge < -0.3 is 0 Å². The van der Waals surface area contributed by atoms with E-state index >= 15 is 0 Å². The summed E-state index contributed by atoms with van der Waals surface area (Å²) in [5.74, 6) is 0. The van der Waals surface area contributed by atoms with Crippen molar-refractivity contribution in [2.45, 2.75) is 16.1 Å². The number of hydrogen-bond acceptors (Lipinski definition) is 3. The number of alkyl halides is 3. The number of nitriles is 1. The fourth-order valence-corrected chi connectivity index (χ4v) is 2.43. The predicted molar refractivity (Wildman–Crippen MR) is 69.5 cm³/mol. The summed E-state index contributed by atoms with van der Waals surface area (Å²) in [5, 5.41) is 9.47. The number of nitrogens with zero attached hydrogens (tertiary/aromatic N) is 2. The Labute approximate surface area is 122 Å². The zero-order valence-corrected chi connectivity index (χ0v) is 11.4. The van der Waals surface area contributed by atoms with E-state index in [4.69, 9.17) is 16.9 Å². The maximum atomic E-state index is 12.4. The standard InChI is InChI=1S/C13H6ClF3N2S/c14-10-5-8(6-18)1-3-11(10)20-12-4-2-9(7-19-12)13(15,16)17/h1-5,7H. The third kappa shape index (κ3) is 3.44. The molecule has 0 N–H and O–H groups in total. The average molecular weight is 315 g/mol. The highest BCUT2D eigenvalue weighted by Gasteiger charge is 2.30. The van der Waals surface area contributed by atoms with E-state index in [1.54, 1.807) is 12.1 Å². The maximum absolute atomic E-state index is 12.4. The van der Waals surface area contributed by atoms with Crippen molar-refractivity contribution in [1.82, 2.24) is 4.98 Å². The van der Waals surface area contributed by atoms with Gasteiger partial charge in [0.15, 0.2) is 0 Å². The van der Waals surface area contributed by atoms with Gasteiger partial charge in [-0.25, -0.2) is 4.98 Å². The first-order valence-corrected chi connectivity index (χ1v) is 6.50. The molecule has 20 heavy (non-hydrogen) atoms. The van der Waals surface area contributed by atoms with Crippen LogP contribution in [0.5, 0.6) is 0 Å². The Morgan fingerprint density at radius 3 is 2.45 bits per heavy atom. The number of hydrogen-bond donors (Lipinski definition) is 0. The summed E-state index contributed by atoms with van der Waals surface area (Å²) in [4.78, 5) is 4.37. The highest BCUT2D eigenvalue weighted by molar-refractivity contribution is 7.99. The summed E-state index contributed by atoms with van der Waals surface area (Å²) in [6.07, 6.45) is -3.62. The molecule has 2 aromatic rings. The minimum absolute atomic E-state index is 0.357. The summed E-state index contributed by atoms with van der Waals surface area (Å²) < 4.78 is 37.2. The summed E-state index contributed by atoms with van der Waals surface area (Å²) in [5.41, 5.74) is -0.382. The van der Waals surface area contributed by atoms with E-state index in [2.05, 4.69) is 4.98 Å². The second kappa shape index (κ2) is 5.73. The predicted octanol–water partition coefficient (Wildman–Crippen LogP) is 4.78. The van der Waals surface area contributed by atoms with Gasteiger partial charge in [0.05, 0.1) is 22.2 Å². The molecular weight excluding hydrogens is 309 g/mol. The van der Waals surface area contributed by atoms with Crippen LogP contribution >= 0.6 is 23.4 Å². The van der Waals surface area contributed by atoms with Gasteiger partial charge in [-0.1, -0.05) is 23.4 Å². The van der Waals surface area contributed by atoms with Gasteiger partial charge in [0.1, 0.15) is 5.03 Å². The quantitative estimate of drug-likeness (QED) is 0.800. The monoisotopic (exact) mass is 314 g/mol. The molecule has 0 aliphatic carbocycles. The van der Waals surface area contributed by atoms with Crippen LogP contribution in [0.4, 0.5) is 13.2 Å². The van der Waals surface area contributed by atoms with Gasteiger partial charge >= 0.3 is 6.18 Å². The SMILES string of the molecule is N#Cc1ccc(Sc2ccc(C(F)(F)F)cn2)c(Cl)c1. The first-order chi connectivity index (χ1) is 9.40. The molecule has 2 nitrogen and oxygen atoms in total. The first kappa shape index (κ1) is 14.7. The third-order valence-corrected chi connectivity index (χ3v) is 3.79. The molecule has 1 heterocycles. The van der Waals surface area contributed by atoms with E-state index < -0.39 is 11.7 Å². The topological polar surface area (TPSA) is 36.7 Å². The Hall–Kier alpha value is -1.71. The van der Waals surface area contributed by atoms with Gasteiger partial charge in [-0.15, -0.1) is 0 Å². The van der Waals surface area contributed by atoms with Crippen molar-refractivity contribution < 1.29 is 13.2 Å². The van der Waals surface area contributed by atoms with E-state index in [-0.39, 0.29) is 0 Å². The lowest BCUT2D eigenvalue weighted by atomic mass is 10.2. The van der Waals surface area contributed by atoms with E-state index in [1.165, 1.54) is 12.1 Å². The van der Waals surface area contributed by atoms with Crippen molar-refractivity contribution in [1.29, 1.82) is 5.26 Å². The molecule has 0 aliphatic rings. The van der Waals surface area contributed by atoms with Crippen LogP contribution in [0, 0.1) is 11.3 Å². The van der Waals surface area contributed by atoms with E-state index in [1.807, 2.05) is 6.07 Å². The van der Waals surface area contributed by atoms with Crippen LogP contribution in [0.15, 0.2) is 46.5 Å². The molecule has 0 atom stereocenters. The molecule has 0 saturated heterocycles. The van der Waals surface area contributed by atoms with Crippen molar-refractivity contribution in [2.24, 2.45) is 0 Å². The molecule has 2 rings (SSSR count). The normalized spacial score (nSPS) is 11.2. The van der Waals surface area contributed by atoms with Crippen molar-refractivity contribution in [3.63, 3.8) is 0 Å². The Bertz CT molecular complexity index is 663. The van der Waals surface area contributed by atoms with Crippen LogP contribution < -0.4 is 0 Å². The molecule has 0 aliphatic heterocycles. The molecule has 0 bridgehead atoms. The van der Waals surface area contributed by atoms with Gasteiger partial charge in [-0.3, -0.25) is 0 Å². The van der Waals surface area contributed by atoms with Crippen molar-refractivity contribution in [3.05, 3.63) is 52.7 Å². The highest BCUT2D eigenvalue weighted by Crippen LogP contribution is 2.34. The Morgan fingerprint density at radius 1 is 1.20 bits per heavy atom. The lowest BCUT2D eigenvalue weighted by molar-refractivity contribution is -0.137. The van der Waals surface area contributed by atoms with Gasteiger partial charge in [0.2, 0.25) is 0 Å². The molecule has 0 amide bonds. The molecule has 7 heteroatoms. The van der Waals surface area contributed by atoms with Crippen LogP contribution in [-0.2, 0) is 6.18 Å². The van der Waals surface area contributed by atoms with Crippen LogP contribution in [0.2, 0.25) is 5.02 Å². The molecular formula is C13H6ClF3N2S. The van der Waals surface area contributed by atoms with Crippen molar-refractivity contribution >= 4 is 23.4 Å². The smallest absolute Gasteiger partial charge is 0.249 e. The fourth-order valence-electron chi connectivity index (χ4n) is 1.37. The van der Waals surface area contributed by atoms with Gasteiger partial charge in [-0.05, 0) is 30.3 Å². The maximum Gasteiger partial charge on any atom is 0.417 e. The number of pyridine rings is 1. The summed E-state index contributed by atoms with van der Waals surface area (Å²) in [6.45, 7) is 0. The summed E-state index contributed by atoms with van der Waals surface area (Å²) in [7, 11) is 0. The second-order valence-corrected chi connectivity index (χ2v) is 5.21. The van der Waals surface area contributed by atoms with Crippen molar-refractivity contribution in [2.75, 3.05) is 0 Å². The Kier molecular flexibility index (Phi) is 4.21. The fraction of sp³-hybridized carbons (Fsp3) is 0.0769. The lowest BCUT2D eigenvalue weighted by Gasteiger charge is -2.07. The van der Waals surface area contributed by atoms with Gasteiger partial charge in [-0.2, -0.15) is 18.4 Å². The second-order valence-electron chi connectivity index (χ2n) is 3.74. The van der Waals surface area contributed by atoms with Crippen LogP contribution in [0.25, 0.3) is 0 Å². The Balaban J connectivity index is 2.21. The molecule has 1 aromatic heterocycles. The number of rotatable bonds is 2. The third-order valence-electron chi connectivity index (χ3n) is 2.34. The molecule has 0 spiro atoms. The van der Waals surface area contributed by atoms with Crippen LogP contribution in [0.3, 0.4) is 0 Å². The van der Waals surface area contributed by atoms with Crippen molar-refractivity contribution in [3.8, 4) is 6.07 Å². The first-order valence-electron chi connectivity index (χ1n) is 5.31. The highest BCUT2D eigenvalue weighted by atomic mass is 35.5. The minimum atomic E-state index is -4.40. The molecule has 0 fully saturated rings. The number of benzene rings is 1. The zero-order chi connectivity index (χ0) is 14.8. The lowest BCUT2D eigenvalue weighted by Crippen LogP contribution is -2.04. The van der Waals surface area contributed by atoms with E-state index in [0.29, 0.717) is 20.5 Å². The average Bonchev–Trinajstić information content (AvgIpc) is 2.40. The van der Waals surface area contributed by atoms with Crippen LogP contribution in [-0.4, -0.2) is 4.98 Å². The summed E-state index contributed by atoms with van der Waals surface area (Å²) in [6, 6.07) is 8.90. The molecule has 0 radical (unpaired) electrons. The number of aromatic nitrogens is 1. The largest absolute Gasteiger partial charge is 0.417 e. The van der Waals surface area contributed by atoms with Gasteiger partial charge in [0.25, 0.3) is 0 Å². The Morgan fingerprint density at radius 2 is 1.95 bits per heavy atom. The molecule has 102 valence electrons. The number of halogens is 4. The van der Waals surface area contributed by atoms with E-state index in [9.17, 15) is 13.2 Å².